The Morgan fingerprint density at radius 2 is 1.90 bits per heavy atom. The third-order valence-corrected chi connectivity index (χ3v) is 6.93. The molecule has 1 saturated heterocycles. The summed E-state index contributed by atoms with van der Waals surface area (Å²) in [5.74, 6) is -1.10. The van der Waals surface area contributed by atoms with Crippen molar-refractivity contribution in [2.45, 2.75) is 31.4 Å². The summed E-state index contributed by atoms with van der Waals surface area (Å²) in [5, 5.41) is 9.49. The van der Waals surface area contributed by atoms with Crippen LogP contribution in [-0.2, 0) is 26.2 Å². The zero-order valence-corrected chi connectivity index (χ0v) is 17.5. The van der Waals surface area contributed by atoms with Crippen LogP contribution < -0.4 is 4.74 Å². The third-order valence-electron chi connectivity index (χ3n) is 5.00. The van der Waals surface area contributed by atoms with Crippen LogP contribution in [0.15, 0.2) is 47.5 Å². The molecule has 1 aromatic heterocycles. The van der Waals surface area contributed by atoms with Crippen LogP contribution in [0.4, 0.5) is 0 Å². The minimum atomic E-state index is -4.05. The van der Waals surface area contributed by atoms with E-state index in [0.717, 1.165) is 15.6 Å². The number of pyridine rings is 1. The van der Waals surface area contributed by atoms with Crippen molar-refractivity contribution in [3.05, 3.63) is 53.9 Å². The molecule has 0 spiro atoms. The molecule has 1 unspecified atom stereocenters. The van der Waals surface area contributed by atoms with Gasteiger partial charge < -0.3 is 14.7 Å². The number of aryl methyl sites for hydroxylation is 1. The number of carbonyl (C=O) groups excluding carboxylic acids is 1. The van der Waals surface area contributed by atoms with Crippen LogP contribution in [0.3, 0.4) is 0 Å². The van der Waals surface area contributed by atoms with Gasteiger partial charge in [-0.2, -0.15) is 4.31 Å². The molecular formula is C20H23N3O6S. The summed E-state index contributed by atoms with van der Waals surface area (Å²) in [4.78, 5) is 28.7. The number of aliphatic carboxylic acids is 1. The highest BCUT2D eigenvalue weighted by Crippen LogP contribution is 2.24. The van der Waals surface area contributed by atoms with E-state index in [9.17, 15) is 23.1 Å². The number of rotatable bonds is 6. The van der Waals surface area contributed by atoms with Gasteiger partial charge >= 0.3 is 5.97 Å². The number of carboxylic acids is 1. The van der Waals surface area contributed by atoms with E-state index in [-0.39, 0.29) is 30.4 Å². The van der Waals surface area contributed by atoms with Gasteiger partial charge in [0.25, 0.3) is 0 Å². The lowest BCUT2D eigenvalue weighted by molar-refractivity contribution is -0.145. The van der Waals surface area contributed by atoms with Gasteiger partial charge in [-0.25, -0.2) is 8.42 Å². The second kappa shape index (κ2) is 8.80. The van der Waals surface area contributed by atoms with Crippen LogP contribution >= 0.6 is 0 Å². The molecule has 0 aliphatic carbocycles. The first-order valence-corrected chi connectivity index (χ1v) is 10.8. The van der Waals surface area contributed by atoms with Crippen molar-refractivity contribution in [2.75, 3.05) is 19.6 Å². The summed E-state index contributed by atoms with van der Waals surface area (Å²) < 4.78 is 32.7. The molecule has 1 fully saturated rings. The van der Waals surface area contributed by atoms with Gasteiger partial charge in [-0.1, -0.05) is 6.07 Å². The number of benzene rings is 1. The Kier molecular flexibility index (Phi) is 6.37. The monoisotopic (exact) mass is 433 g/mol. The van der Waals surface area contributed by atoms with Gasteiger partial charge in [0.2, 0.25) is 15.9 Å². The Morgan fingerprint density at radius 3 is 2.50 bits per heavy atom. The van der Waals surface area contributed by atoms with E-state index in [1.54, 1.807) is 6.20 Å². The molecule has 0 saturated carbocycles. The Hall–Kier alpha value is -2.98. The number of hydrogen-bond donors (Lipinski definition) is 1. The van der Waals surface area contributed by atoms with Crippen LogP contribution in [0.1, 0.15) is 18.2 Å². The normalized spacial score (nSPS) is 17.5. The fourth-order valence-corrected chi connectivity index (χ4v) is 4.78. The topological polar surface area (TPSA) is 117 Å². The average molecular weight is 433 g/mol. The fourth-order valence-electron chi connectivity index (χ4n) is 3.22. The molecule has 1 aliphatic rings. The molecule has 1 atom stereocenters. The Bertz CT molecular complexity index is 1040. The first-order valence-electron chi connectivity index (χ1n) is 9.33. The van der Waals surface area contributed by atoms with Gasteiger partial charge in [-0.15, -0.1) is 0 Å². The highest BCUT2D eigenvalue weighted by molar-refractivity contribution is 7.89. The zero-order chi connectivity index (χ0) is 21.9. The predicted molar refractivity (Wildman–Crippen MR) is 107 cm³/mol. The highest BCUT2D eigenvalue weighted by Gasteiger charge is 2.40. The standard InChI is InChI=1S/C20H23N3O6S/c1-14-16(4-3-9-21-14)13-29-17-5-7-18(8-6-17)30(27,28)23-11-10-22(15(2)24)12-19(23)20(25)26/h3-9,19H,10-13H2,1-2H3,(H,25,26). The number of ether oxygens (including phenoxy) is 1. The van der Waals surface area contributed by atoms with E-state index in [1.165, 1.54) is 36.1 Å². The van der Waals surface area contributed by atoms with E-state index in [1.807, 2.05) is 19.1 Å². The summed E-state index contributed by atoms with van der Waals surface area (Å²) >= 11 is 0. The number of hydrogen-bond acceptors (Lipinski definition) is 6. The summed E-state index contributed by atoms with van der Waals surface area (Å²) in [6.07, 6.45) is 1.69. The van der Waals surface area contributed by atoms with Crippen molar-refractivity contribution < 1.29 is 27.9 Å². The number of aromatic nitrogens is 1. The molecule has 9 nitrogen and oxygen atoms in total. The van der Waals surface area contributed by atoms with Crippen molar-refractivity contribution in [3.8, 4) is 5.75 Å². The molecule has 10 heteroatoms. The van der Waals surface area contributed by atoms with Gasteiger partial charge in [0.15, 0.2) is 0 Å². The first-order chi connectivity index (χ1) is 14.2. The van der Waals surface area contributed by atoms with Gasteiger partial charge in [-0.3, -0.25) is 14.6 Å². The second-order valence-corrected chi connectivity index (χ2v) is 8.83. The van der Waals surface area contributed by atoms with Crippen LogP contribution in [0, 0.1) is 6.92 Å². The van der Waals surface area contributed by atoms with E-state index >= 15 is 0 Å². The first kappa shape index (κ1) is 21.7. The number of piperazine rings is 1. The molecular weight excluding hydrogens is 410 g/mol. The molecule has 1 N–H and O–H groups in total. The number of carboxylic acid groups (broad SMARTS) is 1. The fraction of sp³-hybridized carbons (Fsp3) is 0.350. The molecule has 2 heterocycles. The summed E-state index contributed by atoms with van der Waals surface area (Å²) in [7, 11) is -4.05. The van der Waals surface area contributed by atoms with Crippen LogP contribution in [0.25, 0.3) is 0 Å². The van der Waals surface area contributed by atoms with Gasteiger partial charge in [0.1, 0.15) is 18.4 Å². The van der Waals surface area contributed by atoms with Crippen molar-refractivity contribution in [1.29, 1.82) is 0 Å². The van der Waals surface area contributed by atoms with Crippen LogP contribution in [-0.4, -0.2) is 65.3 Å². The Labute approximate surface area is 174 Å². The zero-order valence-electron chi connectivity index (χ0n) is 16.7. The molecule has 3 rings (SSSR count). The maximum absolute atomic E-state index is 13.0. The lowest BCUT2D eigenvalue weighted by Gasteiger charge is -2.38. The molecule has 2 aromatic rings. The van der Waals surface area contributed by atoms with E-state index in [0.29, 0.717) is 12.4 Å². The smallest absolute Gasteiger partial charge is 0.323 e. The van der Waals surface area contributed by atoms with Crippen LogP contribution in [0.2, 0.25) is 0 Å². The third kappa shape index (κ3) is 4.60. The maximum Gasteiger partial charge on any atom is 0.323 e. The van der Waals surface area contributed by atoms with Crippen molar-refractivity contribution in [1.82, 2.24) is 14.2 Å². The van der Waals surface area contributed by atoms with Crippen molar-refractivity contribution >= 4 is 21.9 Å². The Balaban J connectivity index is 1.75. The molecule has 0 radical (unpaired) electrons. The van der Waals surface area contributed by atoms with Crippen molar-refractivity contribution in [2.24, 2.45) is 0 Å². The van der Waals surface area contributed by atoms with Gasteiger partial charge in [0.05, 0.1) is 4.90 Å². The molecule has 30 heavy (non-hydrogen) atoms. The molecule has 1 aliphatic heterocycles. The Morgan fingerprint density at radius 1 is 1.20 bits per heavy atom. The summed E-state index contributed by atoms with van der Waals surface area (Å²) in [5.41, 5.74) is 1.77. The summed E-state index contributed by atoms with van der Waals surface area (Å²) in [6.45, 7) is 3.37. The number of sulfonamides is 1. The van der Waals surface area contributed by atoms with Crippen LogP contribution in [0.5, 0.6) is 5.75 Å². The van der Waals surface area contributed by atoms with Gasteiger partial charge in [-0.05, 0) is 37.3 Å². The lowest BCUT2D eigenvalue weighted by atomic mass is 10.2. The molecule has 0 bridgehead atoms. The quantitative estimate of drug-likeness (QED) is 0.729. The molecule has 1 aromatic carbocycles. The number of amides is 1. The average Bonchev–Trinajstić information content (AvgIpc) is 2.73. The lowest BCUT2D eigenvalue weighted by Crippen LogP contribution is -2.58. The SMILES string of the molecule is CC(=O)N1CCN(S(=O)(=O)c2ccc(OCc3cccnc3C)cc2)C(C(=O)O)C1. The van der Waals surface area contributed by atoms with Crippen molar-refractivity contribution in [3.63, 3.8) is 0 Å². The predicted octanol–water partition coefficient (Wildman–Crippen LogP) is 1.28. The molecule has 160 valence electrons. The minimum Gasteiger partial charge on any atom is -0.489 e. The highest BCUT2D eigenvalue weighted by atomic mass is 32.2. The number of nitrogens with zero attached hydrogens (tertiary/aromatic N) is 3. The second-order valence-electron chi connectivity index (χ2n) is 6.94. The van der Waals surface area contributed by atoms with Gasteiger partial charge in [0, 0.05) is 44.0 Å². The van der Waals surface area contributed by atoms with E-state index in [4.69, 9.17) is 4.74 Å². The summed E-state index contributed by atoms with van der Waals surface area (Å²) in [6, 6.07) is 8.20. The van der Waals surface area contributed by atoms with E-state index in [2.05, 4.69) is 4.98 Å². The number of carbonyl (C=O) groups is 2. The largest absolute Gasteiger partial charge is 0.489 e. The van der Waals surface area contributed by atoms with E-state index < -0.39 is 22.0 Å². The molecule has 1 amide bonds. The maximum atomic E-state index is 13.0. The minimum absolute atomic E-state index is 0.0325.